The third-order valence-electron chi connectivity index (χ3n) is 4.14. The Morgan fingerprint density at radius 2 is 2.16 bits per heavy atom. The van der Waals surface area contributed by atoms with E-state index < -0.39 is 16.4 Å². The van der Waals surface area contributed by atoms with E-state index in [4.69, 9.17) is 4.74 Å². The van der Waals surface area contributed by atoms with E-state index >= 15 is 0 Å². The van der Waals surface area contributed by atoms with E-state index in [1.165, 1.54) is 0 Å². The second-order valence-corrected chi connectivity index (χ2v) is 8.92. The van der Waals surface area contributed by atoms with Crippen molar-refractivity contribution in [1.29, 1.82) is 0 Å². The normalized spacial score (nSPS) is 19.8. The first-order valence-electron chi connectivity index (χ1n) is 8.63. The van der Waals surface area contributed by atoms with Gasteiger partial charge < -0.3 is 14.6 Å². The van der Waals surface area contributed by atoms with Gasteiger partial charge in [-0.3, -0.25) is 4.21 Å². The quantitative estimate of drug-likeness (QED) is 0.908. The zero-order valence-electron chi connectivity index (χ0n) is 14.9. The molecule has 1 aliphatic rings. The van der Waals surface area contributed by atoms with Crippen LogP contribution in [0.25, 0.3) is 11.0 Å². The van der Waals surface area contributed by atoms with E-state index in [0.717, 1.165) is 23.9 Å². The number of benzene rings is 1. The van der Waals surface area contributed by atoms with Crippen LogP contribution in [0.4, 0.5) is 4.79 Å². The molecule has 7 heteroatoms. The first kappa shape index (κ1) is 17.9. The summed E-state index contributed by atoms with van der Waals surface area (Å²) >= 11 is 0. The van der Waals surface area contributed by atoms with Crippen molar-refractivity contribution in [1.82, 2.24) is 14.9 Å². The molecule has 1 fully saturated rings. The molecule has 1 N–H and O–H groups in total. The van der Waals surface area contributed by atoms with Crippen molar-refractivity contribution in [3.05, 3.63) is 24.3 Å². The topological polar surface area (TPSA) is 75.3 Å². The molecule has 0 saturated carbocycles. The van der Waals surface area contributed by atoms with Crippen LogP contribution in [0.15, 0.2) is 29.4 Å². The van der Waals surface area contributed by atoms with Crippen LogP contribution in [-0.4, -0.2) is 49.6 Å². The fraction of sp³-hybridized carbons (Fsp3) is 0.556. The fourth-order valence-electron chi connectivity index (χ4n) is 3.02. The number of piperidine rings is 1. The minimum Gasteiger partial charge on any atom is -0.444 e. The van der Waals surface area contributed by atoms with E-state index in [1.807, 2.05) is 45.0 Å². The lowest BCUT2D eigenvalue weighted by Gasteiger charge is -2.33. The lowest BCUT2D eigenvalue weighted by atomic mass is 10.0. The Kier molecular flexibility index (Phi) is 5.13. The van der Waals surface area contributed by atoms with Gasteiger partial charge in [-0.2, -0.15) is 0 Å². The Morgan fingerprint density at radius 3 is 2.88 bits per heavy atom. The Balaban J connectivity index is 1.62. The molecule has 2 atom stereocenters. The summed E-state index contributed by atoms with van der Waals surface area (Å²) in [5.41, 5.74) is 1.22. The number of imidazole rings is 1. The largest absolute Gasteiger partial charge is 0.444 e. The SMILES string of the molecule is CC(C)(C)OC(=O)N1CCC[C@H](C[S@@](=O)c2nc3ccccc3[nH]2)C1. The van der Waals surface area contributed by atoms with Gasteiger partial charge in [0.2, 0.25) is 0 Å². The number of nitrogens with zero attached hydrogens (tertiary/aromatic N) is 2. The molecule has 2 aromatic rings. The van der Waals surface area contributed by atoms with E-state index in [-0.39, 0.29) is 12.0 Å². The van der Waals surface area contributed by atoms with Crippen LogP contribution in [0.5, 0.6) is 0 Å². The summed E-state index contributed by atoms with van der Waals surface area (Å²) in [5.74, 6) is 0.689. The molecule has 1 aliphatic heterocycles. The number of rotatable bonds is 3. The highest BCUT2D eigenvalue weighted by atomic mass is 32.2. The van der Waals surface area contributed by atoms with Crippen LogP contribution < -0.4 is 0 Å². The molecule has 1 saturated heterocycles. The van der Waals surface area contributed by atoms with Gasteiger partial charge in [-0.25, -0.2) is 9.78 Å². The average molecular weight is 363 g/mol. The molecule has 25 heavy (non-hydrogen) atoms. The number of carbonyl (C=O) groups excluding carboxylic acids is 1. The highest BCUT2D eigenvalue weighted by molar-refractivity contribution is 7.84. The maximum absolute atomic E-state index is 12.7. The minimum atomic E-state index is -1.21. The zero-order valence-corrected chi connectivity index (χ0v) is 15.8. The number of likely N-dealkylation sites (tertiary alicyclic amines) is 1. The van der Waals surface area contributed by atoms with E-state index in [0.29, 0.717) is 24.0 Å². The summed E-state index contributed by atoms with van der Waals surface area (Å²) in [6.45, 7) is 6.87. The third kappa shape index (κ3) is 4.60. The zero-order chi connectivity index (χ0) is 18.0. The van der Waals surface area contributed by atoms with Gasteiger partial charge in [-0.1, -0.05) is 12.1 Å². The molecule has 0 radical (unpaired) electrons. The molecular formula is C18H25N3O3S. The van der Waals surface area contributed by atoms with E-state index in [2.05, 4.69) is 9.97 Å². The minimum absolute atomic E-state index is 0.190. The molecule has 3 rings (SSSR count). The van der Waals surface area contributed by atoms with Crippen LogP contribution in [0.2, 0.25) is 0 Å². The molecule has 0 unspecified atom stereocenters. The van der Waals surface area contributed by atoms with Crippen molar-refractivity contribution in [2.45, 2.75) is 44.4 Å². The number of carbonyl (C=O) groups is 1. The first-order valence-corrected chi connectivity index (χ1v) is 9.95. The smallest absolute Gasteiger partial charge is 0.410 e. The highest BCUT2D eigenvalue weighted by Crippen LogP contribution is 2.22. The molecule has 0 spiro atoms. The van der Waals surface area contributed by atoms with Gasteiger partial charge in [0.1, 0.15) is 5.60 Å². The Labute approximate surface area is 150 Å². The molecule has 1 aromatic heterocycles. The van der Waals surface area contributed by atoms with Gasteiger partial charge in [-0.05, 0) is 51.7 Å². The monoisotopic (exact) mass is 363 g/mol. The average Bonchev–Trinajstić information content (AvgIpc) is 2.98. The number of hydrogen-bond acceptors (Lipinski definition) is 4. The van der Waals surface area contributed by atoms with Crippen LogP contribution >= 0.6 is 0 Å². The predicted octanol–water partition coefficient (Wildman–Crippen LogP) is 3.32. The highest BCUT2D eigenvalue weighted by Gasteiger charge is 2.29. The number of H-pyrrole nitrogens is 1. The van der Waals surface area contributed by atoms with Crippen molar-refractivity contribution < 1.29 is 13.7 Å². The number of para-hydroxylation sites is 2. The number of nitrogens with one attached hydrogen (secondary N) is 1. The summed E-state index contributed by atoms with van der Waals surface area (Å²) in [6, 6.07) is 7.66. The first-order chi connectivity index (χ1) is 11.8. The maximum Gasteiger partial charge on any atom is 0.410 e. The van der Waals surface area contributed by atoms with Gasteiger partial charge in [-0.15, -0.1) is 0 Å². The van der Waals surface area contributed by atoms with Crippen LogP contribution in [0.3, 0.4) is 0 Å². The fourth-order valence-corrected chi connectivity index (χ4v) is 4.31. The second kappa shape index (κ2) is 7.15. The summed E-state index contributed by atoms with van der Waals surface area (Å²) < 4.78 is 18.1. The molecule has 0 aliphatic carbocycles. The second-order valence-electron chi connectivity index (χ2n) is 7.51. The Morgan fingerprint density at radius 1 is 1.40 bits per heavy atom. The lowest BCUT2D eigenvalue weighted by Crippen LogP contribution is -2.44. The summed E-state index contributed by atoms with van der Waals surface area (Å²) in [4.78, 5) is 21.5. The maximum atomic E-state index is 12.7. The number of aromatic nitrogens is 2. The van der Waals surface area contributed by atoms with Gasteiger partial charge in [0, 0.05) is 18.8 Å². The molecular weight excluding hydrogens is 338 g/mol. The Hall–Kier alpha value is -1.89. The number of fused-ring (bicyclic) bond motifs is 1. The van der Waals surface area contributed by atoms with Crippen molar-refractivity contribution in [2.24, 2.45) is 5.92 Å². The van der Waals surface area contributed by atoms with E-state index in [1.54, 1.807) is 4.90 Å². The predicted molar refractivity (Wildman–Crippen MR) is 97.9 cm³/mol. The molecule has 136 valence electrons. The molecule has 2 heterocycles. The summed E-state index contributed by atoms with van der Waals surface area (Å²) in [7, 11) is -1.21. The Bertz CT molecular complexity index is 748. The molecule has 6 nitrogen and oxygen atoms in total. The van der Waals surface area contributed by atoms with Crippen molar-refractivity contribution in [3.63, 3.8) is 0 Å². The molecule has 1 amide bonds. The summed E-state index contributed by atoms with van der Waals surface area (Å²) in [6.07, 6.45) is 1.58. The van der Waals surface area contributed by atoms with Crippen LogP contribution in [0.1, 0.15) is 33.6 Å². The number of ether oxygens (including phenoxy) is 1. The van der Waals surface area contributed by atoms with Crippen molar-refractivity contribution >= 4 is 27.9 Å². The number of aromatic amines is 1. The van der Waals surface area contributed by atoms with Gasteiger partial charge >= 0.3 is 6.09 Å². The van der Waals surface area contributed by atoms with E-state index in [9.17, 15) is 9.00 Å². The van der Waals surface area contributed by atoms with Crippen molar-refractivity contribution in [2.75, 3.05) is 18.8 Å². The molecule has 0 bridgehead atoms. The van der Waals surface area contributed by atoms with Crippen LogP contribution in [0, 0.1) is 5.92 Å². The van der Waals surface area contributed by atoms with Gasteiger partial charge in [0.25, 0.3) is 0 Å². The standard InChI is InChI=1S/C18H25N3O3S/c1-18(2,3)24-17(22)21-10-6-7-13(11-21)12-25(23)16-19-14-8-4-5-9-15(14)20-16/h4-5,8-9,13H,6-7,10-12H2,1-3H3,(H,19,20)/t13-,25+/m0/s1. The number of amides is 1. The lowest BCUT2D eigenvalue weighted by molar-refractivity contribution is 0.0176. The molecule has 1 aromatic carbocycles. The summed E-state index contributed by atoms with van der Waals surface area (Å²) in [5, 5.41) is 0.510. The van der Waals surface area contributed by atoms with Crippen LogP contribution in [-0.2, 0) is 15.5 Å². The third-order valence-corrected chi connectivity index (χ3v) is 5.54. The van der Waals surface area contributed by atoms with Gasteiger partial charge in [0.15, 0.2) is 5.16 Å². The van der Waals surface area contributed by atoms with Gasteiger partial charge in [0.05, 0.1) is 21.8 Å². The number of hydrogen-bond donors (Lipinski definition) is 1. The van der Waals surface area contributed by atoms with Crippen molar-refractivity contribution in [3.8, 4) is 0 Å².